The molecule has 1 aromatic heterocycles. The van der Waals surface area contributed by atoms with Gasteiger partial charge in [-0.05, 0) is 6.07 Å². The monoisotopic (exact) mass is 197 g/mol. The number of carboxylic acids is 1. The average molecular weight is 198 g/mol. The van der Waals surface area contributed by atoms with Crippen LogP contribution in [0.5, 0.6) is 0 Å². The third kappa shape index (κ3) is 1.25. The van der Waals surface area contributed by atoms with Crippen LogP contribution in [0, 0.1) is 0 Å². The number of rotatable bonds is 1. The van der Waals surface area contributed by atoms with Crippen molar-refractivity contribution in [3.05, 3.63) is 28.9 Å². The SMILES string of the molecule is O=C(O)c1cc2oncc2cc1Cl. The van der Waals surface area contributed by atoms with Crippen molar-refractivity contribution in [2.24, 2.45) is 0 Å². The molecule has 1 heterocycles. The number of carbonyl (C=O) groups is 1. The molecule has 0 spiro atoms. The average Bonchev–Trinajstić information content (AvgIpc) is 2.48. The Hall–Kier alpha value is -1.55. The lowest BCUT2D eigenvalue weighted by Gasteiger charge is -1.96. The highest BCUT2D eigenvalue weighted by atomic mass is 35.5. The van der Waals surface area contributed by atoms with Gasteiger partial charge in [0.25, 0.3) is 0 Å². The van der Waals surface area contributed by atoms with Gasteiger partial charge in [-0.2, -0.15) is 0 Å². The molecular formula is C8H4ClNO3. The summed E-state index contributed by atoms with van der Waals surface area (Å²) < 4.78 is 4.79. The van der Waals surface area contributed by atoms with Crippen molar-refractivity contribution in [3.8, 4) is 0 Å². The number of aromatic carboxylic acids is 1. The Morgan fingerprint density at radius 1 is 1.54 bits per heavy atom. The predicted molar refractivity (Wildman–Crippen MR) is 46.0 cm³/mol. The molecule has 2 aromatic rings. The number of hydrogen-bond acceptors (Lipinski definition) is 3. The molecule has 0 aliphatic carbocycles. The van der Waals surface area contributed by atoms with Crippen molar-refractivity contribution < 1.29 is 14.4 Å². The van der Waals surface area contributed by atoms with Crippen molar-refractivity contribution >= 4 is 28.5 Å². The van der Waals surface area contributed by atoms with Gasteiger partial charge in [-0.25, -0.2) is 4.79 Å². The number of benzene rings is 1. The Balaban J connectivity index is 2.76. The van der Waals surface area contributed by atoms with Gasteiger partial charge in [-0.1, -0.05) is 16.8 Å². The van der Waals surface area contributed by atoms with Crippen molar-refractivity contribution in [3.63, 3.8) is 0 Å². The molecule has 5 heteroatoms. The Kier molecular flexibility index (Phi) is 1.70. The molecule has 0 fully saturated rings. The zero-order valence-corrected chi connectivity index (χ0v) is 7.08. The summed E-state index contributed by atoms with van der Waals surface area (Å²) in [6.45, 7) is 0. The second kappa shape index (κ2) is 2.74. The van der Waals surface area contributed by atoms with Crippen LogP contribution in [0.2, 0.25) is 5.02 Å². The Morgan fingerprint density at radius 3 is 3.00 bits per heavy atom. The van der Waals surface area contributed by atoms with Crippen LogP contribution in [0.25, 0.3) is 11.0 Å². The minimum atomic E-state index is -1.08. The molecule has 66 valence electrons. The van der Waals surface area contributed by atoms with Gasteiger partial charge in [-0.3, -0.25) is 0 Å². The largest absolute Gasteiger partial charge is 0.478 e. The van der Waals surface area contributed by atoms with Crippen molar-refractivity contribution in [1.29, 1.82) is 0 Å². The molecule has 4 nitrogen and oxygen atoms in total. The van der Waals surface area contributed by atoms with Crippen LogP contribution in [0.15, 0.2) is 22.9 Å². The van der Waals surface area contributed by atoms with Crippen LogP contribution in [-0.2, 0) is 0 Å². The Morgan fingerprint density at radius 2 is 2.31 bits per heavy atom. The molecule has 13 heavy (non-hydrogen) atoms. The molecule has 0 radical (unpaired) electrons. The van der Waals surface area contributed by atoms with E-state index in [9.17, 15) is 4.79 Å². The van der Waals surface area contributed by atoms with Crippen LogP contribution in [0.1, 0.15) is 10.4 Å². The quantitative estimate of drug-likeness (QED) is 0.761. The van der Waals surface area contributed by atoms with Gasteiger partial charge in [0.05, 0.1) is 16.8 Å². The molecule has 0 saturated heterocycles. The highest BCUT2D eigenvalue weighted by molar-refractivity contribution is 6.34. The number of nitrogens with zero attached hydrogens (tertiary/aromatic N) is 1. The predicted octanol–water partition coefficient (Wildman–Crippen LogP) is 2.18. The highest BCUT2D eigenvalue weighted by Gasteiger charge is 2.11. The second-order valence-corrected chi connectivity index (χ2v) is 2.91. The number of aromatic nitrogens is 1. The van der Waals surface area contributed by atoms with E-state index in [2.05, 4.69) is 5.16 Å². The molecule has 1 N–H and O–H groups in total. The molecule has 0 unspecified atom stereocenters. The molecular weight excluding hydrogens is 194 g/mol. The third-order valence-electron chi connectivity index (χ3n) is 1.67. The zero-order chi connectivity index (χ0) is 9.42. The van der Waals surface area contributed by atoms with Gasteiger partial charge < -0.3 is 9.63 Å². The lowest BCUT2D eigenvalue weighted by atomic mass is 10.2. The van der Waals surface area contributed by atoms with E-state index >= 15 is 0 Å². The summed E-state index contributed by atoms with van der Waals surface area (Å²) in [7, 11) is 0. The molecule has 0 amide bonds. The summed E-state index contributed by atoms with van der Waals surface area (Å²) >= 11 is 5.70. The van der Waals surface area contributed by atoms with E-state index in [1.54, 1.807) is 0 Å². The molecule has 0 atom stereocenters. The lowest BCUT2D eigenvalue weighted by Crippen LogP contribution is -1.96. The van der Waals surface area contributed by atoms with Crippen LogP contribution in [0.4, 0.5) is 0 Å². The van der Waals surface area contributed by atoms with Crippen molar-refractivity contribution in [1.82, 2.24) is 5.16 Å². The molecule has 2 rings (SSSR count). The second-order valence-electron chi connectivity index (χ2n) is 2.50. The summed E-state index contributed by atoms with van der Waals surface area (Å²) in [6.07, 6.45) is 1.48. The van der Waals surface area contributed by atoms with Gasteiger partial charge in [0.2, 0.25) is 0 Å². The molecule has 0 bridgehead atoms. The smallest absolute Gasteiger partial charge is 0.337 e. The standard InChI is InChI=1S/C8H4ClNO3/c9-6-1-4-3-10-13-7(4)2-5(6)8(11)12/h1-3H,(H,11,12). The fourth-order valence-electron chi connectivity index (χ4n) is 1.05. The van der Waals surface area contributed by atoms with Gasteiger partial charge in [0.15, 0.2) is 5.58 Å². The summed E-state index contributed by atoms with van der Waals surface area (Å²) in [5.74, 6) is -1.08. The molecule has 0 aliphatic rings. The summed E-state index contributed by atoms with van der Waals surface area (Å²) in [6, 6.07) is 2.86. The number of halogens is 1. The minimum Gasteiger partial charge on any atom is -0.478 e. The summed E-state index contributed by atoms with van der Waals surface area (Å²) in [5.41, 5.74) is 0.438. The van der Waals surface area contributed by atoms with E-state index < -0.39 is 5.97 Å². The number of carboxylic acid groups (broad SMARTS) is 1. The van der Waals surface area contributed by atoms with Gasteiger partial charge in [-0.15, -0.1) is 0 Å². The fourth-order valence-corrected chi connectivity index (χ4v) is 1.31. The minimum absolute atomic E-state index is 0.0194. The van der Waals surface area contributed by atoms with Crippen LogP contribution in [0.3, 0.4) is 0 Å². The maximum Gasteiger partial charge on any atom is 0.337 e. The van der Waals surface area contributed by atoms with Crippen LogP contribution >= 0.6 is 11.6 Å². The van der Waals surface area contributed by atoms with Gasteiger partial charge in [0, 0.05) is 11.5 Å². The summed E-state index contributed by atoms with van der Waals surface area (Å²) in [5, 5.41) is 13.1. The first-order valence-electron chi connectivity index (χ1n) is 3.45. The van der Waals surface area contributed by atoms with E-state index in [0.29, 0.717) is 11.0 Å². The topological polar surface area (TPSA) is 63.3 Å². The third-order valence-corrected chi connectivity index (χ3v) is 1.99. The number of hydrogen-bond donors (Lipinski definition) is 1. The van der Waals surface area contributed by atoms with Crippen LogP contribution in [-0.4, -0.2) is 16.2 Å². The zero-order valence-electron chi connectivity index (χ0n) is 6.32. The molecule has 1 aromatic carbocycles. The maximum absolute atomic E-state index is 10.6. The van der Waals surface area contributed by atoms with Crippen molar-refractivity contribution in [2.45, 2.75) is 0 Å². The van der Waals surface area contributed by atoms with Gasteiger partial charge in [0.1, 0.15) is 0 Å². The highest BCUT2D eigenvalue weighted by Crippen LogP contribution is 2.23. The first-order chi connectivity index (χ1) is 6.18. The van der Waals surface area contributed by atoms with Crippen molar-refractivity contribution in [2.75, 3.05) is 0 Å². The Bertz CT molecular complexity index is 477. The van der Waals surface area contributed by atoms with E-state index in [4.69, 9.17) is 21.2 Å². The first-order valence-corrected chi connectivity index (χ1v) is 3.83. The van der Waals surface area contributed by atoms with E-state index in [1.165, 1.54) is 18.3 Å². The molecule has 0 aliphatic heterocycles. The fraction of sp³-hybridized carbons (Fsp3) is 0. The maximum atomic E-state index is 10.6. The first kappa shape index (κ1) is 8.07. The molecule has 0 saturated carbocycles. The Labute approximate surface area is 77.7 Å². The van der Waals surface area contributed by atoms with Gasteiger partial charge >= 0.3 is 5.97 Å². The van der Waals surface area contributed by atoms with E-state index in [-0.39, 0.29) is 10.6 Å². The number of fused-ring (bicyclic) bond motifs is 1. The van der Waals surface area contributed by atoms with Crippen LogP contribution < -0.4 is 0 Å². The lowest BCUT2D eigenvalue weighted by molar-refractivity contribution is 0.0697. The van der Waals surface area contributed by atoms with E-state index in [1.807, 2.05) is 0 Å². The van der Waals surface area contributed by atoms with E-state index in [0.717, 1.165) is 0 Å². The normalized spacial score (nSPS) is 10.5. The summed E-state index contributed by atoms with van der Waals surface area (Å²) in [4.78, 5) is 10.6.